The summed E-state index contributed by atoms with van der Waals surface area (Å²) in [7, 11) is 1.46. The van der Waals surface area contributed by atoms with Crippen molar-refractivity contribution >= 4 is 17.0 Å². The zero-order valence-electron chi connectivity index (χ0n) is 18.7. The molecule has 2 saturated heterocycles. The fraction of sp³-hybridized carbons (Fsp3) is 0.565. The van der Waals surface area contributed by atoms with E-state index < -0.39 is 0 Å². The summed E-state index contributed by atoms with van der Waals surface area (Å²) in [6.45, 7) is 5.71. The van der Waals surface area contributed by atoms with Crippen LogP contribution in [-0.2, 0) is 11.2 Å². The third kappa shape index (κ3) is 3.85. The number of likely N-dealkylation sites (tertiary alicyclic amines) is 2. The van der Waals surface area contributed by atoms with Gasteiger partial charge in [0.15, 0.2) is 0 Å². The topological polar surface area (TPSA) is 89.5 Å². The third-order valence-corrected chi connectivity index (χ3v) is 6.81. The van der Waals surface area contributed by atoms with Gasteiger partial charge in [-0.15, -0.1) is 0 Å². The molecule has 1 atom stereocenters. The number of benzene rings is 1. The van der Waals surface area contributed by atoms with Crippen molar-refractivity contribution in [3.63, 3.8) is 0 Å². The van der Waals surface area contributed by atoms with Crippen LogP contribution in [0.15, 0.2) is 28.8 Å². The number of piperidine rings is 1. The molecule has 2 fully saturated rings. The highest BCUT2D eigenvalue weighted by Crippen LogP contribution is 2.29. The van der Waals surface area contributed by atoms with Crippen LogP contribution in [0.1, 0.15) is 50.1 Å². The number of rotatable bonds is 5. The third-order valence-electron chi connectivity index (χ3n) is 6.81. The Kier molecular flexibility index (Phi) is 5.82. The lowest BCUT2D eigenvalue weighted by Crippen LogP contribution is -2.45. The van der Waals surface area contributed by atoms with Gasteiger partial charge in [0.05, 0.1) is 18.3 Å². The molecule has 1 aromatic carbocycles. The van der Waals surface area contributed by atoms with Gasteiger partial charge in [0.1, 0.15) is 0 Å². The number of fused-ring (bicyclic) bond motifs is 1. The number of hydrogen-bond acceptors (Lipinski definition) is 7. The van der Waals surface area contributed by atoms with E-state index in [0.29, 0.717) is 11.8 Å². The first-order valence-electron chi connectivity index (χ1n) is 11.6. The number of nitrogens with zero attached hydrogens (tertiary/aromatic N) is 6. The van der Waals surface area contributed by atoms with Gasteiger partial charge in [-0.05, 0) is 56.4 Å². The van der Waals surface area contributed by atoms with Gasteiger partial charge in [-0.1, -0.05) is 25.1 Å². The van der Waals surface area contributed by atoms with E-state index >= 15 is 0 Å². The van der Waals surface area contributed by atoms with Crippen molar-refractivity contribution < 1.29 is 14.1 Å². The number of ether oxygens (including phenoxy) is 1. The van der Waals surface area contributed by atoms with Crippen molar-refractivity contribution in [1.29, 1.82) is 0 Å². The van der Waals surface area contributed by atoms with Gasteiger partial charge in [0, 0.05) is 30.4 Å². The summed E-state index contributed by atoms with van der Waals surface area (Å²) >= 11 is 0. The second kappa shape index (κ2) is 8.90. The Morgan fingerprint density at radius 3 is 2.78 bits per heavy atom. The average Bonchev–Trinajstić information content (AvgIpc) is 3.57. The molecule has 3 aromatic rings. The molecule has 0 N–H and O–H groups in total. The lowest BCUT2D eigenvalue weighted by molar-refractivity contribution is 0.101. The maximum atomic E-state index is 12.0. The van der Waals surface area contributed by atoms with Crippen LogP contribution in [0.2, 0.25) is 0 Å². The highest BCUT2D eigenvalue weighted by molar-refractivity contribution is 5.83. The van der Waals surface area contributed by atoms with Gasteiger partial charge in [-0.3, -0.25) is 0 Å². The van der Waals surface area contributed by atoms with Gasteiger partial charge in [0.25, 0.3) is 5.95 Å². The lowest BCUT2D eigenvalue weighted by atomic mass is 9.96. The second-order valence-electron chi connectivity index (χ2n) is 8.70. The van der Waals surface area contributed by atoms with Crippen LogP contribution in [0.5, 0.6) is 0 Å². The molecule has 0 spiro atoms. The molecule has 2 aliphatic rings. The molecular formula is C23H30N6O3. The summed E-state index contributed by atoms with van der Waals surface area (Å²) in [4.78, 5) is 21.0. The van der Waals surface area contributed by atoms with E-state index in [-0.39, 0.29) is 18.1 Å². The van der Waals surface area contributed by atoms with E-state index in [9.17, 15) is 4.79 Å². The van der Waals surface area contributed by atoms with E-state index in [4.69, 9.17) is 19.3 Å². The summed E-state index contributed by atoms with van der Waals surface area (Å²) in [6.07, 6.45) is 4.66. The number of amides is 1. The number of hydrogen-bond donors (Lipinski definition) is 0. The Balaban J connectivity index is 1.24. The first-order chi connectivity index (χ1) is 15.7. The predicted octanol–water partition coefficient (Wildman–Crippen LogP) is 3.38. The van der Waals surface area contributed by atoms with E-state index in [0.717, 1.165) is 74.9 Å². The van der Waals surface area contributed by atoms with Crippen molar-refractivity contribution in [3.05, 3.63) is 35.9 Å². The summed E-state index contributed by atoms with van der Waals surface area (Å²) < 4.78 is 12.4. The van der Waals surface area contributed by atoms with Crippen LogP contribution in [0, 0.1) is 0 Å². The fourth-order valence-corrected chi connectivity index (χ4v) is 5.07. The normalized spacial score (nSPS) is 20.3. The van der Waals surface area contributed by atoms with Crippen LogP contribution >= 0.6 is 0 Å². The molecule has 4 heterocycles. The quantitative estimate of drug-likeness (QED) is 0.603. The molecule has 2 aromatic heterocycles. The molecule has 0 unspecified atom stereocenters. The van der Waals surface area contributed by atoms with Gasteiger partial charge < -0.3 is 19.1 Å². The minimum atomic E-state index is -0.210. The molecule has 170 valence electrons. The van der Waals surface area contributed by atoms with Gasteiger partial charge in [0.2, 0.25) is 5.89 Å². The second-order valence-corrected chi connectivity index (χ2v) is 8.70. The first-order valence-corrected chi connectivity index (χ1v) is 11.6. The smallest absolute Gasteiger partial charge is 0.409 e. The first kappa shape index (κ1) is 20.9. The van der Waals surface area contributed by atoms with E-state index in [1.807, 2.05) is 23.1 Å². The molecule has 32 heavy (non-hydrogen) atoms. The number of para-hydroxylation sites is 1. The number of carbonyl (C=O) groups is 1. The predicted molar refractivity (Wildman–Crippen MR) is 119 cm³/mol. The van der Waals surface area contributed by atoms with E-state index in [1.165, 1.54) is 7.11 Å². The lowest BCUT2D eigenvalue weighted by Gasteiger charge is -2.34. The Labute approximate surface area is 187 Å². The highest BCUT2D eigenvalue weighted by atomic mass is 16.5. The van der Waals surface area contributed by atoms with Crippen molar-refractivity contribution in [1.82, 2.24) is 29.7 Å². The number of aryl methyl sites for hydroxylation is 1. The minimum Gasteiger partial charge on any atom is -0.453 e. The maximum absolute atomic E-state index is 12.0. The summed E-state index contributed by atoms with van der Waals surface area (Å²) in [5.41, 5.74) is 2.03. The van der Waals surface area contributed by atoms with Crippen LogP contribution in [0.3, 0.4) is 0 Å². The molecule has 0 radical (unpaired) electrons. The van der Waals surface area contributed by atoms with E-state index in [2.05, 4.69) is 23.0 Å². The van der Waals surface area contributed by atoms with Crippen molar-refractivity contribution in [2.45, 2.75) is 51.0 Å². The number of methoxy groups -OCH3 is 1. The fourth-order valence-electron chi connectivity index (χ4n) is 5.07. The molecule has 2 aliphatic heterocycles. The molecule has 1 amide bonds. The van der Waals surface area contributed by atoms with Crippen molar-refractivity contribution in [2.75, 3.05) is 33.3 Å². The summed E-state index contributed by atoms with van der Waals surface area (Å²) in [6, 6.07) is 8.40. The zero-order valence-corrected chi connectivity index (χ0v) is 18.7. The van der Waals surface area contributed by atoms with Crippen LogP contribution in [0.4, 0.5) is 4.79 Å². The molecule has 9 nitrogen and oxygen atoms in total. The molecular weight excluding hydrogens is 408 g/mol. The molecule has 0 aliphatic carbocycles. The van der Waals surface area contributed by atoms with Gasteiger partial charge in [-0.25, -0.2) is 4.79 Å². The minimum absolute atomic E-state index is 0.210. The average molecular weight is 439 g/mol. The van der Waals surface area contributed by atoms with Crippen LogP contribution in [-0.4, -0.2) is 75.1 Å². The number of aromatic nitrogens is 4. The Morgan fingerprint density at radius 1 is 1.19 bits per heavy atom. The van der Waals surface area contributed by atoms with Crippen molar-refractivity contribution in [3.8, 4) is 5.95 Å². The molecule has 0 saturated carbocycles. The van der Waals surface area contributed by atoms with Crippen molar-refractivity contribution in [2.24, 2.45) is 0 Å². The van der Waals surface area contributed by atoms with E-state index in [1.54, 1.807) is 4.68 Å². The SMILES string of the molecule is CCc1nn(-c2noc(C3CCN(C[C@@H]4CCCN4C(=O)OC)CC3)n2)c2ccccc12. The summed E-state index contributed by atoms with van der Waals surface area (Å²) in [5, 5.41) is 10.1. The largest absolute Gasteiger partial charge is 0.453 e. The van der Waals surface area contributed by atoms with Crippen LogP contribution in [0.25, 0.3) is 16.9 Å². The maximum Gasteiger partial charge on any atom is 0.409 e. The van der Waals surface area contributed by atoms with Crippen LogP contribution < -0.4 is 0 Å². The Bertz CT molecular complexity index is 1080. The number of carbonyl (C=O) groups excluding carboxylic acids is 1. The molecule has 0 bridgehead atoms. The monoisotopic (exact) mass is 438 g/mol. The Hall–Kier alpha value is -2.94. The van der Waals surface area contributed by atoms with Gasteiger partial charge >= 0.3 is 6.09 Å². The highest BCUT2D eigenvalue weighted by Gasteiger charge is 2.33. The summed E-state index contributed by atoms with van der Waals surface area (Å²) in [5.74, 6) is 1.44. The molecule has 9 heteroatoms. The Morgan fingerprint density at radius 2 is 2.00 bits per heavy atom. The van der Waals surface area contributed by atoms with Gasteiger partial charge in [-0.2, -0.15) is 14.8 Å². The standard InChI is InChI=1S/C23H30N6O3/c1-3-19-18-8-4-5-9-20(18)29(25-19)22-24-21(32-26-22)16-10-13-27(14-11-16)15-17-7-6-12-28(17)23(30)31-2/h4-5,8-9,16-17H,3,6-7,10-15H2,1-2H3/t17-/m0/s1. The zero-order chi connectivity index (χ0) is 22.1. The molecule has 5 rings (SSSR count).